The Labute approximate surface area is 191 Å². The lowest BCUT2D eigenvalue weighted by Gasteiger charge is -2.13. The predicted molar refractivity (Wildman–Crippen MR) is 124 cm³/mol. The second-order valence-corrected chi connectivity index (χ2v) is 7.05. The number of benzene rings is 2. The Bertz CT molecular complexity index is 1180. The number of methoxy groups -OCH3 is 2. The van der Waals surface area contributed by atoms with Gasteiger partial charge in [0.15, 0.2) is 0 Å². The highest BCUT2D eigenvalue weighted by Gasteiger charge is 2.10. The Kier molecular flexibility index (Phi) is 7.62. The number of amides is 2. The maximum atomic E-state index is 12.0. The number of nitrogens with zero attached hydrogens (tertiary/aromatic N) is 3. The SMILES string of the molecule is COc1cc(NC(=O)NC[C@@H](C)O)cc(Nc2nccc(-c3ccc(OC)c(C#N)c3)n2)c1. The van der Waals surface area contributed by atoms with E-state index in [0.717, 1.165) is 5.56 Å². The molecular weight excluding hydrogens is 424 g/mol. The summed E-state index contributed by atoms with van der Waals surface area (Å²) in [6.07, 6.45) is 0.946. The molecule has 0 aliphatic rings. The lowest BCUT2D eigenvalue weighted by Crippen LogP contribution is -2.34. The first-order valence-corrected chi connectivity index (χ1v) is 10.0. The van der Waals surface area contributed by atoms with Gasteiger partial charge in [0, 0.05) is 41.8 Å². The van der Waals surface area contributed by atoms with Crippen LogP contribution in [0.4, 0.5) is 22.1 Å². The Balaban J connectivity index is 1.82. The number of aliphatic hydroxyl groups is 1. The Morgan fingerprint density at radius 2 is 1.94 bits per heavy atom. The summed E-state index contributed by atoms with van der Waals surface area (Å²) in [5.41, 5.74) is 2.82. The van der Waals surface area contributed by atoms with Crippen molar-refractivity contribution in [2.24, 2.45) is 0 Å². The highest BCUT2D eigenvalue weighted by atomic mass is 16.5. The maximum absolute atomic E-state index is 12.0. The number of hydrogen-bond acceptors (Lipinski definition) is 8. The van der Waals surface area contributed by atoms with Crippen molar-refractivity contribution in [3.63, 3.8) is 0 Å². The van der Waals surface area contributed by atoms with Crippen molar-refractivity contribution in [3.8, 4) is 28.8 Å². The fourth-order valence-electron chi connectivity index (χ4n) is 2.94. The van der Waals surface area contributed by atoms with Gasteiger partial charge in [-0.1, -0.05) is 0 Å². The Hall–Kier alpha value is -4.36. The molecule has 1 heterocycles. The number of aromatic nitrogens is 2. The number of aliphatic hydroxyl groups excluding tert-OH is 1. The maximum Gasteiger partial charge on any atom is 0.319 e. The zero-order valence-corrected chi connectivity index (χ0v) is 18.4. The average Bonchev–Trinajstić information content (AvgIpc) is 2.82. The third-order valence-electron chi connectivity index (χ3n) is 4.49. The molecule has 0 aliphatic heterocycles. The van der Waals surface area contributed by atoms with E-state index in [0.29, 0.717) is 40.1 Å². The van der Waals surface area contributed by atoms with Gasteiger partial charge in [-0.25, -0.2) is 14.8 Å². The number of ether oxygens (including phenoxy) is 2. The van der Waals surface area contributed by atoms with Gasteiger partial charge in [0.25, 0.3) is 0 Å². The summed E-state index contributed by atoms with van der Waals surface area (Å²) < 4.78 is 10.5. The molecular formula is C23H24N6O4. The molecule has 33 heavy (non-hydrogen) atoms. The van der Waals surface area contributed by atoms with Crippen molar-refractivity contribution >= 4 is 23.4 Å². The van der Waals surface area contributed by atoms with Crippen LogP contribution in [0, 0.1) is 11.3 Å². The number of carbonyl (C=O) groups is 1. The lowest BCUT2D eigenvalue weighted by molar-refractivity contribution is 0.190. The summed E-state index contributed by atoms with van der Waals surface area (Å²) in [5, 5.41) is 27.0. The number of carbonyl (C=O) groups excluding carboxylic acids is 1. The molecule has 0 bridgehead atoms. The largest absolute Gasteiger partial charge is 0.497 e. The first kappa shape index (κ1) is 23.3. The van der Waals surface area contributed by atoms with Gasteiger partial charge in [0.1, 0.15) is 17.6 Å². The van der Waals surface area contributed by atoms with Gasteiger partial charge >= 0.3 is 6.03 Å². The van der Waals surface area contributed by atoms with Gasteiger partial charge in [-0.15, -0.1) is 0 Å². The molecule has 0 spiro atoms. The third kappa shape index (κ3) is 6.32. The average molecular weight is 448 g/mol. The molecule has 3 rings (SSSR count). The topological polar surface area (TPSA) is 141 Å². The number of hydrogen-bond donors (Lipinski definition) is 4. The van der Waals surface area contributed by atoms with Crippen molar-refractivity contribution < 1.29 is 19.4 Å². The van der Waals surface area contributed by atoms with E-state index >= 15 is 0 Å². The van der Waals surface area contributed by atoms with Gasteiger partial charge in [-0.2, -0.15) is 5.26 Å². The van der Waals surface area contributed by atoms with Crippen LogP contribution >= 0.6 is 0 Å². The second kappa shape index (κ2) is 10.8. The number of rotatable bonds is 8. The first-order chi connectivity index (χ1) is 15.9. The highest BCUT2D eigenvalue weighted by molar-refractivity contribution is 5.90. The van der Waals surface area contributed by atoms with Crippen LogP contribution in [0.3, 0.4) is 0 Å². The lowest BCUT2D eigenvalue weighted by atomic mass is 10.1. The quantitative estimate of drug-likeness (QED) is 0.411. The molecule has 1 aromatic heterocycles. The summed E-state index contributed by atoms with van der Waals surface area (Å²) in [7, 11) is 3.03. The molecule has 3 aromatic rings. The van der Waals surface area contributed by atoms with E-state index in [9.17, 15) is 15.2 Å². The molecule has 10 nitrogen and oxygen atoms in total. The monoisotopic (exact) mass is 448 g/mol. The molecule has 10 heteroatoms. The molecule has 0 aliphatic carbocycles. The number of urea groups is 1. The zero-order valence-electron chi connectivity index (χ0n) is 18.4. The zero-order chi connectivity index (χ0) is 23.8. The van der Waals surface area contributed by atoms with Crippen molar-refractivity contribution in [1.82, 2.24) is 15.3 Å². The predicted octanol–water partition coefficient (Wildman–Crippen LogP) is 3.28. The van der Waals surface area contributed by atoms with Crippen LogP contribution in [-0.2, 0) is 0 Å². The van der Waals surface area contributed by atoms with Gasteiger partial charge in [0.05, 0.1) is 31.6 Å². The van der Waals surface area contributed by atoms with Crippen LogP contribution in [0.15, 0.2) is 48.7 Å². The molecule has 0 saturated carbocycles. The molecule has 0 radical (unpaired) electrons. The number of nitrogens with one attached hydrogen (secondary N) is 3. The minimum Gasteiger partial charge on any atom is -0.497 e. The van der Waals surface area contributed by atoms with E-state index < -0.39 is 12.1 Å². The third-order valence-corrected chi connectivity index (χ3v) is 4.49. The fourth-order valence-corrected chi connectivity index (χ4v) is 2.94. The van der Waals surface area contributed by atoms with E-state index in [4.69, 9.17) is 9.47 Å². The summed E-state index contributed by atoms with van der Waals surface area (Å²) in [6.45, 7) is 1.70. The molecule has 1 atom stereocenters. The second-order valence-electron chi connectivity index (χ2n) is 7.05. The van der Waals surface area contributed by atoms with Crippen LogP contribution in [0.1, 0.15) is 12.5 Å². The first-order valence-electron chi connectivity index (χ1n) is 10.0. The van der Waals surface area contributed by atoms with Gasteiger partial charge in [-0.3, -0.25) is 0 Å². The molecule has 170 valence electrons. The van der Waals surface area contributed by atoms with E-state index in [-0.39, 0.29) is 6.54 Å². The fraction of sp³-hybridized carbons (Fsp3) is 0.217. The van der Waals surface area contributed by atoms with Crippen molar-refractivity contribution in [2.75, 3.05) is 31.4 Å². The highest BCUT2D eigenvalue weighted by Crippen LogP contribution is 2.28. The van der Waals surface area contributed by atoms with Gasteiger partial charge in [0.2, 0.25) is 5.95 Å². The van der Waals surface area contributed by atoms with Crippen molar-refractivity contribution in [2.45, 2.75) is 13.0 Å². The molecule has 4 N–H and O–H groups in total. The normalized spacial score (nSPS) is 11.1. The van der Waals surface area contributed by atoms with Crippen molar-refractivity contribution in [1.29, 1.82) is 5.26 Å². The standard InChI is InChI=1S/C23H24N6O4/c1-14(30)13-26-23(31)28-18-9-17(10-19(11-18)32-2)27-22-25-7-6-20(29-22)15-4-5-21(33-3)16(8-15)12-24/h4-11,14,30H,13H2,1-3H3,(H,25,27,29)(H2,26,28,31)/t14-/m1/s1. The molecule has 2 amide bonds. The molecule has 2 aromatic carbocycles. The van der Waals surface area contributed by atoms with E-state index in [1.54, 1.807) is 49.5 Å². The summed E-state index contributed by atoms with van der Waals surface area (Å²) in [4.78, 5) is 20.8. The molecule has 0 fully saturated rings. The minimum absolute atomic E-state index is 0.125. The smallest absolute Gasteiger partial charge is 0.319 e. The van der Waals surface area contributed by atoms with Crippen LogP contribution in [0.5, 0.6) is 11.5 Å². The van der Waals surface area contributed by atoms with E-state index in [1.165, 1.54) is 14.2 Å². The minimum atomic E-state index is -0.655. The summed E-state index contributed by atoms with van der Waals surface area (Å²) >= 11 is 0. The van der Waals surface area contributed by atoms with E-state index in [2.05, 4.69) is 32.0 Å². The van der Waals surface area contributed by atoms with Crippen LogP contribution in [-0.4, -0.2) is 48.0 Å². The van der Waals surface area contributed by atoms with Crippen molar-refractivity contribution in [3.05, 3.63) is 54.2 Å². The van der Waals surface area contributed by atoms with E-state index in [1.807, 2.05) is 6.07 Å². The van der Waals surface area contributed by atoms with Crippen LogP contribution in [0.2, 0.25) is 0 Å². The summed E-state index contributed by atoms with van der Waals surface area (Å²) in [5.74, 6) is 1.32. The van der Waals surface area contributed by atoms with Gasteiger partial charge in [-0.05, 0) is 37.3 Å². The summed E-state index contributed by atoms with van der Waals surface area (Å²) in [6, 6.07) is 13.7. The Morgan fingerprint density at radius 1 is 1.15 bits per heavy atom. The number of nitriles is 1. The molecule has 0 saturated heterocycles. The number of anilines is 3. The van der Waals surface area contributed by atoms with Crippen LogP contribution in [0.25, 0.3) is 11.3 Å². The molecule has 0 unspecified atom stereocenters. The van der Waals surface area contributed by atoms with Crippen LogP contribution < -0.4 is 25.4 Å². The Morgan fingerprint density at radius 3 is 2.64 bits per heavy atom. The van der Waals surface area contributed by atoms with Gasteiger partial charge < -0.3 is 30.5 Å².